The van der Waals surface area contributed by atoms with Crippen LogP contribution in [0.4, 0.5) is 5.69 Å². The molecule has 3 rings (SSSR count). The van der Waals surface area contributed by atoms with Gasteiger partial charge in [0, 0.05) is 31.9 Å². The van der Waals surface area contributed by atoms with E-state index in [2.05, 4.69) is 85.1 Å². The van der Waals surface area contributed by atoms with Crippen LogP contribution in [-0.2, 0) is 5.54 Å². The fourth-order valence-corrected chi connectivity index (χ4v) is 3.82. The van der Waals surface area contributed by atoms with Crippen molar-refractivity contribution in [3.63, 3.8) is 0 Å². The van der Waals surface area contributed by atoms with Crippen molar-refractivity contribution in [1.29, 1.82) is 0 Å². The normalized spacial score (nSPS) is 17.5. The lowest BCUT2D eigenvalue weighted by Crippen LogP contribution is -2.48. The molecule has 0 aliphatic carbocycles. The number of piperazine rings is 1. The van der Waals surface area contributed by atoms with Crippen LogP contribution in [-0.4, -0.2) is 51.3 Å². The summed E-state index contributed by atoms with van der Waals surface area (Å²) in [6, 6.07) is 6.99. The second kappa shape index (κ2) is 7.35. The van der Waals surface area contributed by atoms with Gasteiger partial charge < -0.3 is 4.90 Å². The van der Waals surface area contributed by atoms with Crippen LogP contribution in [0.1, 0.15) is 57.1 Å². The Morgan fingerprint density at radius 3 is 2.38 bits per heavy atom. The molecule has 1 aromatic carbocycles. The van der Waals surface area contributed by atoms with Gasteiger partial charge in [-0.1, -0.05) is 19.1 Å². The van der Waals surface area contributed by atoms with Crippen molar-refractivity contribution in [1.82, 2.24) is 25.1 Å². The fourth-order valence-electron chi connectivity index (χ4n) is 3.82. The van der Waals surface area contributed by atoms with Gasteiger partial charge in [0.25, 0.3) is 0 Å². The van der Waals surface area contributed by atoms with Gasteiger partial charge in [-0.3, -0.25) is 4.90 Å². The minimum atomic E-state index is -0.104. The van der Waals surface area contributed by atoms with E-state index in [0.29, 0.717) is 0 Å². The standard InChI is InChI=1S/C20H32N6/c1-7-17(19-21-22-23-26(19)20(4,5)6)24-10-12-25(13-11-24)18-14-15(2)8-9-16(18)3/h8-9,14,17H,7,10-13H2,1-6H3/t17-/m1/s1. The summed E-state index contributed by atoms with van der Waals surface area (Å²) in [5, 5.41) is 12.6. The SMILES string of the molecule is CC[C@H](c1nnnn1C(C)(C)C)N1CCN(c2cc(C)ccc2C)CC1. The summed E-state index contributed by atoms with van der Waals surface area (Å²) in [6.45, 7) is 17.2. The van der Waals surface area contributed by atoms with Crippen LogP contribution in [0.3, 0.4) is 0 Å². The van der Waals surface area contributed by atoms with Gasteiger partial charge in [-0.2, -0.15) is 0 Å². The molecule has 1 aliphatic heterocycles. The number of rotatable bonds is 4. The van der Waals surface area contributed by atoms with Crippen LogP contribution >= 0.6 is 0 Å². The van der Waals surface area contributed by atoms with Crippen LogP contribution in [0.15, 0.2) is 18.2 Å². The van der Waals surface area contributed by atoms with Gasteiger partial charge in [0.05, 0.1) is 11.6 Å². The maximum atomic E-state index is 4.38. The molecule has 0 N–H and O–H groups in total. The summed E-state index contributed by atoms with van der Waals surface area (Å²) in [4.78, 5) is 5.05. The lowest BCUT2D eigenvalue weighted by molar-refractivity contribution is 0.161. The van der Waals surface area contributed by atoms with Gasteiger partial charge in [-0.05, 0) is 68.7 Å². The Hall–Kier alpha value is -1.95. The van der Waals surface area contributed by atoms with Gasteiger partial charge in [0.1, 0.15) is 0 Å². The van der Waals surface area contributed by atoms with Crippen molar-refractivity contribution in [3.8, 4) is 0 Å². The molecule has 2 heterocycles. The topological polar surface area (TPSA) is 50.1 Å². The first kappa shape index (κ1) is 18.8. The summed E-state index contributed by atoms with van der Waals surface area (Å²) in [5.74, 6) is 0.986. The second-order valence-corrected chi connectivity index (χ2v) is 8.36. The smallest absolute Gasteiger partial charge is 0.168 e. The Balaban J connectivity index is 1.74. The third-order valence-corrected chi connectivity index (χ3v) is 5.27. The van der Waals surface area contributed by atoms with Gasteiger partial charge in [-0.25, -0.2) is 4.68 Å². The Bertz CT molecular complexity index is 737. The first-order valence-electron chi connectivity index (χ1n) is 9.66. The lowest BCUT2D eigenvalue weighted by Gasteiger charge is -2.40. The number of tetrazole rings is 1. The van der Waals surface area contributed by atoms with E-state index in [4.69, 9.17) is 0 Å². The van der Waals surface area contributed by atoms with Gasteiger partial charge in [0.2, 0.25) is 0 Å². The molecule has 1 fully saturated rings. The zero-order valence-corrected chi connectivity index (χ0v) is 17.0. The van der Waals surface area contributed by atoms with Crippen molar-refractivity contribution in [2.45, 2.75) is 59.5 Å². The van der Waals surface area contributed by atoms with Crippen LogP contribution in [0, 0.1) is 13.8 Å². The molecule has 0 radical (unpaired) electrons. The Morgan fingerprint density at radius 1 is 1.08 bits per heavy atom. The maximum Gasteiger partial charge on any atom is 0.168 e. The van der Waals surface area contributed by atoms with Crippen LogP contribution < -0.4 is 4.90 Å². The van der Waals surface area contributed by atoms with E-state index in [1.165, 1.54) is 16.8 Å². The molecule has 142 valence electrons. The molecule has 6 heteroatoms. The van der Waals surface area contributed by atoms with Gasteiger partial charge in [-0.15, -0.1) is 5.10 Å². The van der Waals surface area contributed by atoms with E-state index >= 15 is 0 Å². The number of benzene rings is 1. The van der Waals surface area contributed by atoms with Gasteiger partial charge >= 0.3 is 0 Å². The Labute approximate surface area is 157 Å². The molecule has 1 saturated heterocycles. The van der Waals surface area contributed by atoms with E-state index in [1.54, 1.807) is 0 Å². The molecule has 6 nitrogen and oxygen atoms in total. The number of hydrogen-bond acceptors (Lipinski definition) is 5. The minimum Gasteiger partial charge on any atom is -0.369 e. The van der Waals surface area contributed by atoms with Crippen LogP contribution in [0.2, 0.25) is 0 Å². The quantitative estimate of drug-likeness (QED) is 0.841. The van der Waals surface area contributed by atoms with E-state index in [1.807, 2.05) is 4.68 Å². The van der Waals surface area contributed by atoms with E-state index in [0.717, 1.165) is 38.4 Å². The summed E-state index contributed by atoms with van der Waals surface area (Å²) in [6.07, 6.45) is 1.01. The Kier molecular flexibility index (Phi) is 5.32. The average molecular weight is 357 g/mol. The van der Waals surface area contributed by atoms with Crippen molar-refractivity contribution >= 4 is 5.69 Å². The van der Waals surface area contributed by atoms with Crippen molar-refractivity contribution < 1.29 is 0 Å². The third-order valence-electron chi connectivity index (χ3n) is 5.27. The molecule has 0 saturated carbocycles. The number of aryl methyl sites for hydroxylation is 2. The average Bonchev–Trinajstić information content (AvgIpc) is 3.08. The second-order valence-electron chi connectivity index (χ2n) is 8.36. The number of hydrogen-bond donors (Lipinski definition) is 0. The van der Waals surface area contributed by atoms with Crippen LogP contribution in [0.5, 0.6) is 0 Å². The molecule has 1 atom stereocenters. The zero-order valence-electron chi connectivity index (χ0n) is 17.0. The zero-order chi connectivity index (χ0) is 18.9. The Morgan fingerprint density at radius 2 is 1.77 bits per heavy atom. The first-order chi connectivity index (χ1) is 12.3. The number of anilines is 1. The molecule has 0 unspecified atom stereocenters. The summed E-state index contributed by atoms with van der Waals surface area (Å²) >= 11 is 0. The predicted octanol–water partition coefficient (Wildman–Crippen LogP) is 3.32. The van der Waals surface area contributed by atoms with Crippen molar-refractivity contribution in [3.05, 3.63) is 35.2 Å². The summed E-state index contributed by atoms with van der Waals surface area (Å²) in [7, 11) is 0. The first-order valence-corrected chi connectivity index (χ1v) is 9.66. The summed E-state index contributed by atoms with van der Waals surface area (Å²) in [5.41, 5.74) is 3.95. The highest BCUT2D eigenvalue weighted by Gasteiger charge is 2.31. The monoisotopic (exact) mass is 356 g/mol. The molecular weight excluding hydrogens is 324 g/mol. The predicted molar refractivity (Wildman–Crippen MR) is 106 cm³/mol. The molecule has 0 spiro atoms. The van der Waals surface area contributed by atoms with E-state index in [-0.39, 0.29) is 11.6 Å². The fraction of sp³-hybridized carbons (Fsp3) is 0.650. The lowest BCUT2D eigenvalue weighted by atomic mass is 10.1. The largest absolute Gasteiger partial charge is 0.369 e. The molecule has 2 aromatic rings. The van der Waals surface area contributed by atoms with Crippen LogP contribution in [0.25, 0.3) is 0 Å². The van der Waals surface area contributed by atoms with E-state index < -0.39 is 0 Å². The van der Waals surface area contributed by atoms with Crippen molar-refractivity contribution in [2.75, 3.05) is 31.1 Å². The third kappa shape index (κ3) is 3.75. The molecule has 1 aromatic heterocycles. The highest BCUT2D eigenvalue weighted by Crippen LogP contribution is 2.29. The highest BCUT2D eigenvalue weighted by molar-refractivity contribution is 5.55. The number of aromatic nitrogens is 4. The maximum absolute atomic E-state index is 4.38. The molecular formula is C20H32N6. The molecule has 26 heavy (non-hydrogen) atoms. The summed E-state index contributed by atoms with van der Waals surface area (Å²) < 4.78 is 1.98. The van der Waals surface area contributed by atoms with Crippen molar-refractivity contribution in [2.24, 2.45) is 0 Å². The molecule has 0 amide bonds. The van der Waals surface area contributed by atoms with E-state index in [9.17, 15) is 0 Å². The minimum absolute atomic E-state index is 0.104. The molecule has 1 aliphatic rings. The molecule has 0 bridgehead atoms. The highest BCUT2D eigenvalue weighted by atomic mass is 15.6. The number of nitrogens with zero attached hydrogens (tertiary/aromatic N) is 6. The van der Waals surface area contributed by atoms with Gasteiger partial charge in [0.15, 0.2) is 5.82 Å².